The molecule has 0 rings (SSSR count). The maximum Gasteiger partial charge on any atom is 0.190 e. The second kappa shape index (κ2) is 18.3. The molecule has 0 saturated carbocycles. The summed E-state index contributed by atoms with van der Waals surface area (Å²) in [5.41, 5.74) is 0. The van der Waals surface area contributed by atoms with Crippen LogP contribution in [-0.4, -0.2) is 75.2 Å². The van der Waals surface area contributed by atoms with Gasteiger partial charge in [-0.3, -0.25) is 9.89 Å². The molecule has 0 aliphatic heterocycles. The van der Waals surface area contributed by atoms with Crippen molar-refractivity contribution in [2.75, 3.05) is 47.3 Å². The number of aliphatic imine (C=N–C) groups is 1. The third-order valence-corrected chi connectivity index (χ3v) is 4.51. The monoisotopic (exact) mass is 483 g/mol. The van der Waals surface area contributed by atoms with Gasteiger partial charge in [0.1, 0.15) is 0 Å². The summed E-state index contributed by atoms with van der Waals surface area (Å²) in [5, 5.41) is 6.86. The van der Waals surface area contributed by atoms with Crippen LogP contribution in [0.15, 0.2) is 4.99 Å². The van der Waals surface area contributed by atoms with Gasteiger partial charge in [-0.2, -0.15) is 0 Å². The highest BCUT2D eigenvalue weighted by molar-refractivity contribution is 14.0. The Kier molecular flexibility index (Phi) is 19.8. The van der Waals surface area contributed by atoms with Crippen molar-refractivity contribution in [1.82, 2.24) is 20.4 Å². The number of halogens is 1. The SMILES string of the molecule is CN=C(NCCCCCCCN(C)C)NCCCN(C(C)C)C(C)C.I. The average Bonchev–Trinajstić information content (AvgIpc) is 2.53. The topological polar surface area (TPSA) is 42.9 Å². The van der Waals surface area contributed by atoms with Gasteiger partial charge in [0.15, 0.2) is 5.96 Å². The highest BCUT2D eigenvalue weighted by atomic mass is 127. The first kappa shape index (κ1) is 28.1. The minimum Gasteiger partial charge on any atom is -0.356 e. The highest BCUT2D eigenvalue weighted by Gasteiger charge is 2.12. The van der Waals surface area contributed by atoms with Crippen molar-refractivity contribution in [2.24, 2.45) is 4.99 Å². The van der Waals surface area contributed by atoms with Gasteiger partial charge in [0, 0.05) is 38.8 Å². The van der Waals surface area contributed by atoms with E-state index in [0.717, 1.165) is 32.0 Å². The Morgan fingerprint density at radius 3 is 1.77 bits per heavy atom. The van der Waals surface area contributed by atoms with Gasteiger partial charge in [0.2, 0.25) is 0 Å². The first-order valence-electron chi connectivity index (χ1n) is 10.2. The average molecular weight is 484 g/mol. The molecule has 0 aliphatic carbocycles. The van der Waals surface area contributed by atoms with Gasteiger partial charge in [-0.05, 0) is 67.6 Å². The molecule has 6 heteroatoms. The summed E-state index contributed by atoms with van der Waals surface area (Å²) in [6, 6.07) is 1.21. The number of nitrogens with zero attached hydrogens (tertiary/aromatic N) is 3. The number of guanidine groups is 1. The fraction of sp³-hybridized carbons (Fsp3) is 0.950. The van der Waals surface area contributed by atoms with Gasteiger partial charge in [-0.1, -0.05) is 19.3 Å². The van der Waals surface area contributed by atoms with Crippen molar-refractivity contribution < 1.29 is 0 Å². The Morgan fingerprint density at radius 2 is 1.27 bits per heavy atom. The van der Waals surface area contributed by atoms with E-state index in [-0.39, 0.29) is 24.0 Å². The van der Waals surface area contributed by atoms with Gasteiger partial charge < -0.3 is 15.5 Å². The van der Waals surface area contributed by atoms with Crippen molar-refractivity contribution in [3.63, 3.8) is 0 Å². The molecule has 0 atom stereocenters. The summed E-state index contributed by atoms with van der Waals surface area (Å²) in [6.45, 7) is 13.4. The van der Waals surface area contributed by atoms with E-state index < -0.39 is 0 Å². The van der Waals surface area contributed by atoms with Crippen LogP contribution in [-0.2, 0) is 0 Å². The summed E-state index contributed by atoms with van der Waals surface area (Å²) in [6.07, 6.45) is 7.65. The Hall–Kier alpha value is -0.0800. The normalized spacial score (nSPS) is 12.2. The van der Waals surface area contributed by atoms with Crippen LogP contribution >= 0.6 is 24.0 Å². The quantitative estimate of drug-likeness (QED) is 0.171. The molecule has 0 saturated heterocycles. The first-order chi connectivity index (χ1) is 11.9. The zero-order valence-electron chi connectivity index (χ0n) is 18.5. The zero-order chi connectivity index (χ0) is 19.1. The van der Waals surface area contributed by atoms with E-state index in [1.54, 1.807) is 0 Å². The number of rotatable bonds is 14. The van der Waals surface area contributed by atoms with Crippen LogP contribution in [0.5, 0.6) is 0 Å². The number of nitrogens with one attached hydrogen (secondary N) is 2. The lowest BCUT2D eigenvalue weighted by Crippen LogP contribution is -2.41. The molecule has 158 valence electrons. The maximum atomic E-state index is 4.32. The van der Waals surface area contributed by atoms with Crippen LogP contribution in [0.3, 0.4) is 0 Å². The van der Waals surface area contributed by atoms with Crippen molar-refractivity contribution >= 4 is 29.9 Å². The van der Waals surface area contributed by atoms with Crippen LogP contribution in [0.4, 0.5) is 0 Å². The van der Waals surface area contributed by atoms with Crippen LogP contribution in [0.25, 0.3) is 0 Å². The van der Waals surface area contributed by atoms with Crippen LogP contribution in [0.1, 0.15) is 66.2 Å². The maximum absolute atomic E-state index is 4.32. The number of hydrogen-bond acceptors (Lipinski definition) is 3. The van der Waals surface area contributed by atoms with E-state index in [1.165, 1.54) is 38.6 Å². The molecule has 2 N–H and O–H groups in total. The molecule has 0 fully saturated rings. The lowest BCUT2D eigenvalue weighted by molar-refractivity contribution is 0.173. The molecule has 26 heavy (non-hydrogen) atoms. The number of unbranched alkanes of at least 4 members (excludes halogenated alkanes) is 4. The highest BCUT2D eigenvalue weighted by Crippen LogP contribution is 2.05. The summed E-state index contributed by atoms with van der Waals surface area (Å²) in [4.78, 5) is 9.12. The molecule has 0 aromatic carbocycles. The summed E-state index contributed by atoms with van der Waals surface area (Å²) < 4.78 is 0. The number of hydrogen-bond donors (Lipinski definition) is 2. The zero-order valence-corrected chi connectivity index (χ0v) is 20.8. The molecule has 5 nitrogen and oxygen atoms in total. The fourth-order valence-corrected chi connectivity index (χ4v) is 3.09. The van der Waals surface area contributed by atoms with Gasteiger partial charge in [0.25, 0.3) is 0 Å². The molecule has 0 unspecified atom stereocenters. The Labute approximate surface area is 180 Å². The second-order valence-corrected chi connectivity index (χ2v) is 7.78. The third-order valence-electron chi connectivity index (χ3n) is 4.51. The summed E-state index contributed by atoms with van der Waals surface area (Å²) in [5.74, 6) is 0.938. The third kappa shape index (κ3) is 16.1. The molecule has 0 amide bonds. The van der Waals surface area contributed by atoms with E-state index in [2.05, 4.69) is 67.2 Å². The standard InChI is InChI=1S/C20H45N5.HI/c1-18(2)25(19(3)4)17-13-15-23-20(21-5)22-14-11-9-8-10-12-16-24(6)7;/h18-19H,8-17H2,1-7H3,(H2,21,22,23);1H. The van der Waals surface area contributed by atoms with Crippen LogP contribution in [0.2, 0.25) is 0 Å². The van der Waals surface area contributed by atoms with Gasteiger partial charge in [-0.25, -0.2) is 0 Å². The van der Waals surface area contributed by atoms with Gasteiger partial charge in [0.05, 0.1) is 0 Å². The molecular formula is C20H46IN5. The fourth-order valence-electron chi connectivity index (χ4n) is 3.09. The predicted octanol–water partition coefficient (Wildman–Crippen LogP) is 3.79. The van der Waals surface area contributed by atoms with E-state index in [0.29, 0.717) is 12.1 Å². The molecular weight excluding hydrogens is 437 g/mol. The predicted molar refractivity (Wildman–Crippen MR) is 128 cm³/mol. The Bertz CT molecular complexity index is 324. The molecule has 0 spiro atoms. The van der Waals surface area contributed by atoms with Gasteiger partial charge in [-0.15, -0.1) is 24.0 Å². The van der Waals surface area contributed by atoms with Crippen molar-refractivity contribution in [2.45, 2.75) is 78.3 Å². The van der Waals surface area contributed by atoms with Crippen molar-refractivity contribution in [1.29, 1.82) is 0 Å². The van der Waals surface area contributed by atoms with E-state index >= 15 is 0 Å². The molecule has 0 radical (unpaired) electrons. The largest absolute Gasteiger partial charge is 0.356 e. The van der Waals surface area contributed by atoms with E-state index in [4.69, 9.17) is 0 Å². The molecule has 0 bridgehead atoms. The smallest absolute Gasteiger partial charge is 0.190 e. The Morgan fingerprint density at radius 1 is 0.769 bits per heavy atom. The van der Waals surface area contributed by atoms with Gasteiger partial charge >= 0.3 is 0 Å². The summed E-state index contributed by atoms with van der Waals surface area (Å²) >= 11 is 0. The minimum absolute atomic E-state index is 0. The molecule has 0 heterocycles. The van der Waals surface area contributed by atoms with E-state index in [1.807, 2.05) is 7.05 Å². The lowest BCUT2D eigenvalue weighted by Gasteiger charge is -2.30. The second-order valence-electron chi connectivity index (χ2n) is 7.78. The summed E-state index contributed by atoms with van der Waals surface area (Å²) in [7, 11) is 6.14. The van der Waals surface area contributed by atoms with Crippen LogP contribution in [0, 0.1) is 0 Å². The lowest BCUT2D eigenvalue weighted by atomic mass is 10.1. The molecule has 0 aromatic heterocycles. The van der Waals surface area contributed by atoms with Crippen molar-refractivity contribution in [3.05, 3.63) is 0 Å². The van der Waals surface area contributed by atoms with Crippen LogP contribution < -0.4 is 10.6 Å². The van der Waals surface area contributed by atoms with Crippen molar-refractivity contribution in [3.8, 4) is 0 Å². The van der Waals surface area contributed by atoms with E-state index in [9.17, 15) is 0 Å². The minimum atomic E-state index is 0. The molecule has 0 aliphatic rings. The Balaban J connectivity index is 0. The first-order valence-corrected chi connectivity index (χ1v) is 10.2. The molecule has 0 aromatic rings.